The molecule has 2 unspecified atom stereocenters. The van der Waals surface area contributed by atoms with Gasteiger partial charge in [-0.1, -0.05) is 310 Å². The summed E-state index contributed by atoms with van der Waals surface area (Å²) < 4.78 is 12.5. The first-order valence-corrected chi connectivity index (χ1v) is 37.6. The molecule has 2 atom stereocenters. The molecular weight excluding hydrogens is 1040 g/mol. The molecule has 0 spiro atoms. The first-order chi connectivity index (χ1) is 40.4. The first kappa shape index (κ1) is 83.7. The fraction of sp³-hybridized carbons (Fsp3) is 0.921. The summed E-state index contributed by atoms with van der Waals surface area (Å²) in [6, 6.07) is 0. The second-order valence-electron chi connectivity index (χ2n) is 25.8. The Hall–Kier alpha value is -1.37. The molecule has 0 aromatic carbocycles. The molecule has 0 saturated carbocycles. The van der Waals surface area contributed by atoms with Gasteiger partial charge in [-0.2, -0.15) is 0 Å². The summed E-state index contributed by atoms with van der Waals surface area (Å²) in [6.45, 7) is 19.6. The van der Waals surface area contributed by atoms with Crippen molar-refractivity contribution in [3.63, 3.8) is 0 Å². The molecule has 0 aliphatic rings. The van der Waals surface area contributed by atoms with Crippen molar-refractivity contribution in [3.05, 3.63) is 24.3 Å². The van der Waals surface area contributed by atoms with E-state index >= 15 is 0 Å². The van der Waals surface area contributed by atoms with Gasteiger partial charge < -0.3 is 9.47 Å². The molecule has 0 amide bonds. The summed E-state index contributed by atoms with van der Waals surface area (Å²) in [7, 11) is 0. The summed E-state index contributed by atoms with van der Waals surface area (Å²) in [5, 5.41) is 0. The molecule has 0 aromatic heterocycles. The molecule has 0 N–H and O–H groups in total. The van der Waals surface area contributed by atoms with Crippen molar-refractivity contribution in [1.82, 2.24) is 9.80 Å². The normalized spacial score (nSPS) is 12.6. The summed E-state index contributed by atoms with van der Waals surface area (Å²) in [5.74, 6) is 0.00387. The van der Waals surface area contributed by atoms with Crippen LogP contribution >= 0.6 is 12.4 Å². The van der Waals surface area contributed by atoms with Crippen LogP contribution in [0.25, 0.3) is 0 Å². The van der Waals surface area contributed by atoms with Crippen molar-refractivity contribution >= 4 is 24.3 Å². The highest BCUT2D eigenvalue weighted by atomic mass is 35.5. The lowest BCUT2D eigenvalue weighted by Gasteiger charge is -2.29. The summed E-state index contributed by atoms with van der Waals surface area (Å²) in [6.07, 6.45) is 80.2. The number of carbonyl (C=O) groups excluding carboxylic acids is 2. The van der Waals surface area contributed by atoms with E-state index in [-0.39, 0.29) is 36.6 Å². The lowest BCUT2D eigenvalue weighted by molar-refractivity contribution is -0.151. The highest BCUT2D eigenvalue weighted by molar-refractivity contribution is 5.85. The van der Waals surface area contributed by atoms with Crippen LogP contribution in [0.1, 0.15) is 401 Å². The molecule has 0 aliphatic carbocycles. The number of unbranched alkanes of at least 4 members (excludes halogenated alkanes) is 45. The van der Waals surface area contributed by atoms with Gasteiger partial charge in [0.25, 0.3) is 0 Å². The monoisotopic (exact) mass is 1190 g/mol. The standard InChI is InChI=1S/C76H148N2O4.ClH/c1-7-13-17-21-25-29-33-37-39-41-43-47-51-55-59-65-75(79)81-73(11-5)71-77(67-61-57-53-49-45-35-31-27-23-19-15-9-3)69-63-64-70-78(68-62-58-54-50-46-36-32-28-24-20-16-10-4)72-74(12-6)82-76(80)66-60-56-52-48-44-42-40-38-34-30-26-22-18-14-8-2;/h37-40,73-74H,7-36,41-72H2,1-6H3;1H/b39-37+,40-38+;. The van der Waals surface area contributed by atoms with Crippen LogP contribution in [0.2, 0.25) is 0 Å². The minimum atomic E-state index is -0.0398. The lowest BCUT2D eigenvalue weighted by atomic mass is 10.1. The van der Waals surface area contributed by atoms with Gasteiger partial charge in [0.05, 0.1) is 0 Å². The number of halogens is 1. The summed E-state index contributed by atoms with van der Waals surface area (Å²) >= 11 is 0. The second-order valence-corrected chi connectivity index (χ2v) is 25.8. The Balaban J connectivity index is 0. The van der Waals surface area contributed by atoms with Gasteiger partial charge in [-0.3, -0.25) is 19.4 Å². The van der Waals surface area contributed by atoms with Crippen LogP contribution in [0.15, 0.2) is 24.3 Å². The van der Waals surface area contributed by atoms with Gasteiger partial charge in [0.15, 0.2) is 0 Å². The average molecular weight is 1190 g/mol. The molecule has 0 radical (unpaired) electrons. The van der Waals surface area contributed by atoms with Gasteiger partial charge in [-0.25, -0.2) is 0 Å². The van der Waals surface area contributed by atoms with Gasteiger partial charge in [0.2, 0.25) is 0 Å². The number of hydrogen-bond donors (Lipinski definition) is 0. The molecule has 0 heterocycles. The van der Waals surface area contributed by atoms with E-state index in [9.17, 15) is 9.59 Å². The number of hydrogen-bond acceptors (Lipinski definition) is 6. The maximum absolute atomic E-state index is 13.2. The van der Waals surface area contributed by atoms with E-state index in [0.717, 1.165) is 90.6 Å². The summed E-state index contributed by atoms with van der Waals surface area (Å²) in [5.41, 5.74) is 0. The number of ether oxygens (including phenoxy) is 2. The predicted molar refractivity (Wildman–Crippen MR) is 371 cm³/mol. The van der Waals surface area contributed by atoms with Crippen molar-refractivity contribution in [3.8, 4) is 0 Å². The van der Waals surface area contributed by atoms with Crippen LogP contribution in [-0.2, 0) is 19.1 Å². The van der Waals surface area contributed by atoms with E-state index in [4.69, 9.17) is 9.47 Å². The largest absolute Gasteiger partial charge is 0.461 e. The van der Waals surface area contributed by atoms with E-state index < -0.39 is 0 Å². The van der Waals surface area contributed by atoms with Crippen LogP contribution in [0.4, 0.5) is 0 Å². The van der Waals surface area contributed by atoms with Gasteiger partial charge in [-0.15, -0.1) is 12.4 Å². The van der Waals surface area contributed by atoms with Crippen LogP contribution in [0.5, 0.6) is 0 Å². The molecule has 0 fully saturated rings. The predicted octanol–water partition coefficient (Wildman–Crippen LogP) is 24.9. The smallest absolute Gasteiger partial charge is 0.306 e. The van der Waals surface area contributed by atoms with Crippen LogP contribution in [0.3, 0.4) is 0 Å². The third-order valence-electron chi connectivity index (χ3n) is 17.6. The lowest BCUT2D eigenvalue weighted by Crippen LogP contribution is -2.38. The molecule has 494 valence electrons. The van der Waals surface area contributed by atoms with E-state index in [0.29, 0.717) is 12.8 Å². The first-order valence-electron chi connectivity index (χ1n) is 37.6. The zero-order chi connectivity index (χ0) is 59.5. The van der Waals surface area contributed by atoms with Gasteiger partial charge >= 0.3 is 11.9 Å². The number of esters is 2. The van der Waals surface area contributed by atoms with Gasteiger partial charge in [0.1, 0.15) is 12.2 Å². The second kappa shape index (κ2) is 71.4. The summed E-state index contributed by atoms with van der Waals surface area (Å²) in [4.78, 5) is 31.7. The Morgan fingerprint density at radius 3 is 0.699 bits per heavy atom. The Bertz CT molecular complexity index is 1230. The number of allylic oxidation sites excluding steroid dienone is 4. The quantitative estimate of drug-likeness (QED) is 0.0344. The number of rotatable bonds is 69. The van der Waals surface area contributed by atoms with Crippen molar-refractivity contribution in [2.75, 3.05) is 39.3 Å². The SMILES string of the molecule is CCCCCCCC/C=C/CCCCCCCC(=O)OC(CC)CN(CCCCCCCCCCCCCC)CCCCN(CCCCCCCCCCCCCC)CC(CC)OC(=O)CCCCCCC/C=C/CCCCCCCC.Cl. The van der Waals surface area contributed by atoms with E-state index in [2.05, 4.69) is 75.6 Å². The van der Waals surface area contributed by atoms with Crippen molar-refractivity contribution in [2.45, 2.75) is 413 Å². The minimum Gasteiger partial charge on any atom is -0.461 e. The van der Waals surface area contributed by atoms with Crippen LogP contribution in [0, 0.1) is 0 Å². The van der Waals surface area contributed by atoms with Gasteiger partial charge in [-0.05, 0) is 129 Å². The number of carbonyl (C=O) groups is 2. The maximum atomic E-state index is 13.2. The van der Waals surface area contributed by atoms with Crippen molar-refractivity contribution in [2.24, 2.45) is 0 Å². The molecule has 0 rings (SSSR count). The average Bonchev–Trinajstić information content (AvgIpc) is 3.48. The number of nitrogens with zero attached hydrogens (tertiary/aromatic N) is 2. The highest BCUT2D eigenvalue weighted by Crippen LogP contribution is 2.18. The Morgan fingerprint density at radius 2 is 0.470 bits per heavy atom. The molecule has 0 saturated heterocycles. The molecular formula is C76H149ClN2O4. The Morgan fingerprint density at radius 1 is 0.277 bits per heavy atom. The molecule has 6 nitrogen and oxygen atoms in total. The zero-order valence-electron chi connectivity index (χ0n) is 57.2. The maximum Gasteiger partial charge on any atom is 0.306 e. The molecule has 0 aromatic rings. The fourth-order valence-corrected chi connectivity index (χ4v) is 11.9. The van der Waals surface area contributed by atoms with Crippen LogP contribution in [-0.4, -0.2) is 73.2 Å². The zero-order valence-corrected chi connectivity index (χ0v) is 58.1. The molecule has 0 aliphatic heterocycles. The van der Waals surface area contributed by atoms with Gasteiger partial charge in [0, 0.05) is 25.9 Å². The van der Waals surface area contributed by atoms with E-state index in [1.807, 2.05) is 0 Å². The highest BCUT2D eigenvalue weighted by Gasteiger charge is 2.19. The Labute approximate surface area is 527 Å². The molecule has 0 bridgehead atoms. The third kappa shape index (κ3) is 64.9. The van der Waals surface area contributed by atoms with E-state index in [1.54, 1.807) is 0 Å². The Kier molecular flexibility index (Phi) is 72.0. The minimum absolute atomic E-state index is 0. The van der Waals surface area contributed by atoms with Crippen LogP contribution < -0.4 is 0 Å². The molecule has 83 heavy (non-hydrogen) atoms. The topological polar surface area (TPSA) is 59.1 Å². The van der Waals surface area contributed by atoms with E-state index in [1.165, 1.54) is 295 Å². The van der Waals surface area contributed by atoms with Crippen molar-refractivity contribution in [1.29, 1.82) is 0 Å². The third-order valence-corrected chi connectivity index (χ3v) is 17.6. The van der Waals surface area contributed by atoms with Crippen molar-refractivity contribution < 1.29 is 19.1 Å². The fourth-order valence-electron chi connectivity index (χ4n) is 11.9. The molecule has 7 heteroatoms.